The van der Waals surface area contributed by atoms with Crippen molar-refractivity contribution < 1.29 is 14.3 Å². The van der Waals surface area contributed by atoms with Crippen LogP contribution in [0.1, 0.15) is 73.4 Å². The van der Waals surface area contributed by atoms with Crippen LogP contribution in [0.2, 0.25) is 0 Å². The van der Waals surface area contributed by atoms with Crippen LogP contribution in [0.3, 0.4) is 0 Å². The van der Waals surface area contributed by atoms with Crippen molar-refractivity contribution in [1.82, 2.24) is 0 Å². The maximum atomic E-state index is 12.7. The van der Waals surface area contributed by atoms with Gasteiger partial charge in [0.1, 0.15) is 0 Å². The van der Waals surface area contributed by atoms with Gasteiger partial charge >= 0.3 is 0 Å². The van der Waals surface area contributed by atoms with Crippen molar-refractivity contribution in [1.29, 1.82) is 0 Å². The number of carbonyl (C=O) groups excluding carboxylic acids is 2. The number of rotatable bonds is 7. The number of carbonyl (C=O) groups is 2. The maximum absolute atomic E-state index is 12.7. The minimum atomic E-state index is -0.402. The minimum Gasteiger partial charge on any atom is -0.374 e. The smallest absolute Gasteiger partial charge is 0.193 e. The van der Waals surface area contributed by atoms with E-state index >= 15 is 0 Å². The number of benzene rings is 2. The van der Waals surface area contributed by atoms with Crippen molar-refractivity contribution >= 4 is 11.6 Å². The number of methoxy groups -OCH3 is 1. The monoisotopic (exact) mass is 392 g/mol. The first-order valence-corrected chi connectivity index (χ1v) is 9.98. The second-order valence-corrected chi connectivity index (χ2v) is 6.77. The van der Waals surface area contributed by atoms with Crippen LogP contribution in [0.15, 0.2) is 72.3 Å². The molecule has 0 aliphatic heterocycles. The van der Waals surface area contributed by atoms with Crippen molar-refractivity contribution in [2.75, 3.05) is 7.11 Å². The lowest BCUT2D eigenvalue weighted by Crippen LogP contribution is -2.19. The second kappa shape index (κ2) is 11.3. The highest BCUT2D eigenvalue weighted by atomic mass is 16.5. The fourth-order valence-corrected chi connectivity index (χ4v) is 2.73. The normalized spacial score (nSPS) is 11.8. The highest BCUT2D eigenvalue weighted by Gasteiger charge is 2.20. The summed E-state index contributed by atoms with van der Waals surface area (Å²) in [6, 6.07) is 14.2. The fraction of sp³-hybridized carbons (Fsp3) is 0.308. The maximum Gasteiger partial charge on any atom is 0.193 e. The molecule has 0 spiro atoms. The average molecular weight is 393 g/mol. The summed E-state index contributed by atoms with van der Waals surface area (Å²) in [7, 11) is 1.66. The lowest BCUT2D eigenvalue weighted by molar-refractivity contribution is 0.0192. The van der Waals surface area contributed by atoms with Crippen molar-refractivity contribution in [3.05, 3.63) is 94.6 Å². The number of Topliss-reactive ketones (excluding diaryl/α,β-unsaturated/α-hetero) is 1. The Balaban J connectivity index is 0.00000204. The predicted molar refractivity (Wildman–Crippen MR) is 121 cm³/mol. The van der Waals surface area contributed by atoms with Gasteiger partial charge < -0.3 is 4.74 Å². The topological polar surface area (TPSA) is 43.4 Å². The molecule has 0 saturated heterocycles. The molecule has 3 heteroatoms. The van der Waals surface area contributed by atoms with Crippen LogP contribution < -0.4 is 0 Å². The molecule has 154 valence electrons. The van der Waals surface area contributed by atoms with Crippen molar-refractivity contribution in [2.45, 2.75) is 47.1 Å². The van der Waals surface area contributed by atoms with Crippen molar-refractivity contribution in [3.8, 4) is 0 Å². The molecule has 0 atom stereocenters. The molecular formula is C26H32O3. The van der Waals surface area contributed by atoms with Crippen molar-refractivity contribution in [3.63, 3.8) is 0 Å². The lowest BCUT2D eigenvalue weighted by atomic mass is 9.94. The van der Waals surface area contributed by atoms with E-state index in [9.17, 15) is 9.59 Å². The van der Waals surface area contributed by atoms with E-state index in [1.807, 2.05) is 71.9 Å². The first kappa shape index (κ1) is 24.3. The van der Waals surface area contributed by atoms with Gasteiger partial charge in [0, 0.05) is 29.4 Å². The molecule has 0 aromatic heterocycles. The molecule has 2 aromatic carbocycles. The lowest BCUT2D eigenvalue weighted by Gasteiger charge is -2.23. The summed E-state index contributed by atoms with van der Waals surface area (Å²) in [6.45, 7) is 11.7. The minimum absolute atomic E-state index is 0.0549. The van der Waals surface area contributed by atoms with E-state index in [2.05, 4.69) is 0 Å². The largest absolute Gasteiger partial charge is 0.374 e. The van der Waals surface area contributed by atoms with Crippen LogP contribution in [0.4, 0.5) is 0 Å². The third kappa shape index (κ3) is 6.10. The zero-order valence-corrected chi connectivity index (χ0v) is 18.6. The summed E-state index contributed by atoms with van der Waals surface area (Å²) >= 11 is 0. The summed E-state index contributed by atoms with van der Waals surface area (Å²) in [5.41, 5.74) is 2.96. The Morgan fingerprint density at radius 3 is 1.69 bits per heavy atom. The molecule has 0 bridgehead atoms. The second-order valence-electron chi connectivity index (χ2n) is 6.77. The molecule has 29 heavy (non-hydrogen) atoms. The molecule has 0 heterocycles. The van der Waals surface area contributed by atoms with E-state index in [1.165, 1.54) is 0 Å². The third-order valence-corrected chi connectivity index (χ3v) is 4.68. The Kier molecular flexibility index (Phi) is 9.43. The zero-order chi connectivity index (χ0) is 22.0. The number of allylic oxidation sites excluding steroid dienone is 4. The van der Waals surface area contributed by atoms with E-state index < -0.39 is 5.60 Å². The van der Waals surface area contributed by atoms with Gasteiger partial charge in [0.25, 0.3) is 0 Å². The van der Waals surface area contributed by atoms with Crippen LogP contribution in [-0.4, -0.2) is 18.7 Å². The van der Waals surface area contributed by atoms with E-state index in [1.54, 1.807) is 43.5 Å². The summed E-state index contributed by atoms with van der Waals surface area (Å²) in [6.07, 6.45) is 5.40. The van der Waals surface area contributed by atoms with Gasteiger partial charge in [-0.1, -0.05) is 80.6 Å². The number of hydrogen-bond donors (Lipinski definition) is 0. The summed E-state index contributed by atoms with van der Waals surface area (Å²) in [4.78, 5) is 25.2. The highest BCUT2D eigenvalue weighted by molar-refractivity contribution is 6.12. The first-order valence-electron chi connectivity index (χ1n) is 9.98. The van der Waals surface area contributed by atoms with Gasteiger partial charge in [-0.05, 0) is 33.3 Å². The zero-order valence-electron chi connectivity index (χ0n) is 18.6. The summed E-state index contributed by atoms with van der Waals surface area (Å²) < 4.78 is 5.46. The molecule has 0 aliphatic carbocycles. The molecule has 0 fully saturated rings. The molecule has 3 nitrogen and oxygen atoms in total. The Morgan fingerprint density at radius 2 is 1.28 bits per heavy atom. The molecule has 0 aliphatic rings. The van der Waals surface area contributed by atoms with Crippen LogP contribution >= 0.6 is 0 Å². The standard InChI is InChI=1S/C24H26O3.C2H6/c1-6-8-17(7-2)22(25)18-9-11-19(12-10-18)23(26)20-13-15-21(16-14-20)24(3,4)27-5;1-2/h6-16H,1-5H3;1-2H3/b8-6-,17-7+;. The van der Waals surface area contributed by atoms with Crippen molar-refractivity contribution in [2.24, 2.45) is 0 Å². The number of hydrogen-bond acceptors (Lipinski definition) is 3. The average Bonchev–Trinajstić information content (AvgIpc) is 2.78. The van der Waals surface area contributed by atoms with Gasteiger partial charge in [0.15, 0.2) is 11.6 Å². The van der Waals surface area contributed by atoms with Gasteiger partial charge in [-0.2, -0.15) is 0 Å². The SMILES string of the molecule is C/C=C\C(=C/C)C(=O)c1ccc(C(=O)c2ccc(C(C)(C)OC)cc2)cc1.CC. The molecule has 0 amide bonds. The summed E-state index contributed by atoms with van der Waals surface area (Å²) in [5.74, 6) is -0.128. The molecule has 2 aromatic rings. The van der Waals surface area contributed by atoms with Crippen LogP contribution in [0.25, 0.3) is 0 Å². The fourth-order valence-electron chi connectivity index (χ4n) is 2.73. The number of ether oxygens (including phenoxy) is 1. The molecule has 0 saturated carbocycles. The van der Waals surface area contributed by atoms with Crippen LogP contribution in [0, 0.1) is 0 Å². The van der Waals surface area contributed by atoms with Gasteiger partial charge in [-0.3, -0.25) is 9.59 Å². The van der Waals surface area contributed by atoms with Gasteiger partial charge in [0.05, 0.1) is 5.60 Å². The number of ketones is 2. The highest BCUT2D eigenvalue weighted by Crippen LogP contribution is 2.24. The van der Waals surface area contributed by atoms with Gasteiger partial charge in [-0.25, -0.2) is 0 Å². The Bertz CT molecular complexity index is 867. The quantitative estimate of drug-likeness (QED) is 0.306. The van der Waals surface area contributed by atoms with E-state index in [-0.39, 0.29) is 11.6 Å². The van der Waals surface area contributed by atoms with E-state index in [0.29, 0.717) is 22.3 Å². The third-order valence-electron chi connectivity index (χ3n) is 4.68. The first-order chi connectivity index (χ1) is 13.8. The van der Waals surface area contributed by atoms with Gasteiger partial charge in [0.2, 0.25) is 0 Å². The Hall–Kier alpha value is -2.78. The summed E-state index contributed by atoms with van der Waals surface area (Å²) in [5, 5.41) is 0. The van der Waals surface area contributed by atoms with E-state index in [0.717, 1.165) is 5.56 Å². The molecule has 0 unspecified atom stereocenters. The van der Waals surface area contributed by atoms with Gasteiger partial charge in [-0.15, -0.1) is 0 Å². The predicted octanol–water partition coefficient (Wildman–Crippen LogP) is 6.53. The van der Waals surface area contributed by atoms with Crippen LogP contribution in [-0.2, 0) is 10.3 Å². The Labute approximate surface area is 175 Å². The molecule has 2 rings (SSSR count). The Morgan fingerprint density at radius 1 is 0.828 bits per heavy atom. The van der Waals surface area contributed by atoms with Crippen LogP contribution in [0.5, 0.6) is 0 Å². The molecular weight excluding hydrogens is 360 g/mol. The van der Waals surface area contributed by atoms with E-state index in [4.69, 9.17) is 4.74 Å². The molecule has 0 N–H and O–H groups in total. The molecule has 0 radical (unpaired) electrons.